The van der Waals surface area contributed by atoms with Crippen molar-refractivity contribution in [3.05, 3.63) is 65.2 Å². The van der Waals surface area contributed by atoms with Crippen LogP contribution in [0, 0.1) is 6.92 Å². The highest BCUT2D eigenvalue weighted by Gasteiger charge is 2.35. The first kappa shape index (κ1) is 33.2. The van der Waals surface area contributed by atoms with Gasteiger partial charge in [0.15, 0.2) is 15.8 Å². The van der Waals surface area contributed by atoms with E-state index in [-0.39, 0.29) is 35.3 Å². The Morgan fingerprint density at radius 2 is 1.56 bits per heavy atom. The van der Waals surface area contributed by atoms with Crippen LogP contribution in [0.3, 0.4) is 0 Å². The number of likely N-dealkylation sites (N-methyl/N-ethyl adjacent to an activating group) is 1. The van der Waals surface area contributed by atoms with Crippen molar-refractivity contribution in [2.75, 3.05) is 13.6 Å². The first-order valence-electron chi connectivity index (χ1n) is 12.9. The lowest BCUT2D eigenvalue weighted by molar-refractivity contribution is -0.177. The lowest BCUT2D eigenvalue weighted by Crippen LogP contribution is -2.41. The third-order valence-corrected chi connectivity index (χ3v) is 8.01. The first-order valence-corrected chi connectivity index (χ1v) is 14.4. The topological polar surface area (TPSA) is 206 Å². The van der Waals surface area contributed by atoms with E-state index >= 15 is 0 Å². The molecule has 12 nitrogen and oxygen atoms in total. The number of aliphatic imine (C=N–C) groups is 1. The predicted molar refractivity (Wildman–Crippen MR) is 154 cm³/mol. The van der Waals surface area contributed by atoms with Crippen molar-refractivity contribution in [3.63, 3.8) is 0 Å². The maximum atomic E-state index is 13.4. The summed E-state index contributed by atoms with van der Waals surface area (Å²) in [6.45, 7) is 6.45. The summed E-state index contributed by atoms with van der Waals surface area (Å²) in [6, 6.07) is 11.0. The van der Waals surface area contributed by atoms with Gasteiger partial charge in [-0.3, -0.25) is 14.6 Å². The van der Waals surface area contributed by atoms with Crippen LogP contribution in [0.2, 0.25) is 0 Å². The van der Waals surface area contributed by atoms with E-state index in [0.717, 1.165) is 5.56 Å². The molecule has 0 fully saturated rings. The number of aryl methyl sites for hydroxylation is 1. The average Bonchev–Trinajstić information content (AvgIpc) is 2.88. The Balaban J connectivity index is 2.33. The molecule has 224 valence electrons. The van der Waals surface area contributed by atoms with E-state index in [0.29, 0.717) is 5.56 Å². The number of amides is 1. The third kappa shape index (κ3) is 10.2. The van der Waals surface area contributed by atoms with Crippen molar-refractivity contribution in [1.82, 2.24) is 5.32 Å². The summed E-state index contributed by atoms with van der Waals surface area (Å²) in [7, 11) is -2.49. The molecule has 2 unspecified atom stereocenters. The summed E-state index contributed by atoms with van der Waals surface area (Å²) in [5, 5.41) is 1.26. The molecule has 0 aliphatic carbocycles. The van der Waals surface area contributed by atoms with E-state index < -0.39 is 51.2 Å². The fourth-order valence-corrected chi connectivity index (χ4v) is 5.33. The quantitative estimate of drug-likeness (QED) is 0.157. The van der Waals surface area contributed by atoms with Crippen molar-refractivity contribution < 1.29 is 32.3 Å². The Bertz CT molecular complexity index is 1350. The number of nitrogens with one attached hydrogen (secondary N) is 1. The number of hydrogen-bond donors (Lipinski definition) is 4. The van der Waals surface area contributed by atoms with Crippen LogP contribution in [0.5, 0.6) is 0 Å². The van der Waals surface area contributed by atoms with Crippen LogP contribution in [-0.4, -0.2) is 62.7 Å². The minimum atomic E-state index is -4.01. The van der Waals surface area contributed by atoms with Crippen molar-refractivity contribution in [2.45, 2.75) is 68.4 Å². The molecule has 2 aromatic rings. The van der Waals surface area contributed by atoms with Gasteiger partial charge in [0.25, 0.3) is 0 Å². The Kier molecular flexibility index (Phi) is 11.4. The van der Waals surface area contributed by atoms with Gasteiger partial charge in [-0.05, 0) is 51.8 Å². The molecular formula is C28H39N5O7S. The average molecular weight is 590 g/mol. The minimum Gasteiger partial charge on any atom is -0.457 e. The van der Waals surface area contributed by atoms with E-state index in [1.54, 1.807) is 45.0 Å². The second-order valence-electron chi connectivity index (χ2n) is 10.5. The molecule has 41 heavy (non-hydrogen) atoms. The van der Waals surface area contributed by atoms with Gasteiger partial charge >= 0.3 is 11.9 Å². The molecule has 7 N–H and O–H groups in total. The number of carbonyl (C=O) groups is 3. The number of nitrogens with zero attached hydrogens (tertiary/aromatic N) is 1. The normalized spacial score (nSPS) is 13.8. The largest absolute Gasteiger partial charge is 0.457 e. The molecule has 0 bridgehead atoms. The van der Waals surface area contributed by atoms with Gasteiger partial charge in [0.1, 0.15) is 11.6 Å². The van der Waals surface area contributed by atoms with Crippen molar-refractivity contribution in [2.24, 2.45) is 22.2 Å². The number of hydrogen-bond acceptors (Lipinski definition) is 9. The molecule has 0 saturated heterocycles. The number of sulfone groups is 1. The molecule has 1 amide bonds. The highest BCUT2D eigenvalue weighted by Crippen LogP contribution is 2.25. The van der Waals surface area contributed by atoms with Crippen molar-refractivity contribution in [3.8, 4) is 0 Å². The van der Waals surface area contributed by atoms with Crippen LogP contribution in [0.25, 0.3) is 0 Å². The Hall–Kier alpha value is -3.97. The van der Waals surface area contributed by atoms with Crippen LogP contribution in [0.4, 0.5) is 0 Å². The van der Waals surface area contributed by atoms with E-state index in [2.05, 4.69) is 10.3 Å². The maximum absolute atomic E-state index is 13.4. The van der Waals surface area contributed by atoms with E-state index in [1.807, 2.05) is 6.92 Å². The predicted octanol–water partition coefficient (Wildman–Crippen LogP) is 1.04. The molecular weight excluding hydrogens is 550 g/mol. The van der Waals surface area contributed by atoms with Gasteiger partial charge in [0, 0.05) is 12.6 Å². The molecule has 0 heterocycles. The number of nitrogens with two attached hydrogens (primary N) is 3. The van der Waals surface area contributed by atoms with Crippen LogP contribution in [0.15, 0.2) is 58.4 Å². The van der Waals surface area contributed by atoms with Gasteiger partial charge in [-0.1, -0.05) is 42.0 Å². The van der Waals surface area contributed by atoms with Gasteiger partial charge in [-0.25, -0.2) is 13.2 Å². The van der Waals surface area contributed by atoms with E-state index in [4.69, 9.17) is 26.7 Å². The molecule has 0 aliphatic heterocycles. The SMILES string of the molecule is CNC(=O)Cc1ccc(C(OC(=O)[C@@H](N)CC(CN=C(N)N)S(=O)(=O)c2ccc(C)cc2)C(=O)OC(C)(C)C)cc1. The third-order valence-electron chi connectivity index (χ3n) is 5.87. The standard InChI is InChI=1S/C28H39N5O7S/c1-17-6-12-20(13-7-17)41(37,38)21(16-33-27(30)31)15-22(29)25(35)39-24(26(36)40-28(2,3)4)19-10-8-18(9-11-19)14-23(34)32-5/h6-13,21-22,24H,14-16,29H2,1-5H3,(H,32,34)(H4,30,31,33)/t21?,22-,24?/m0/s1. The van der Waals surface area contributed by atoms with Gasteiger partial charge in [0.05, 0.1) is 23.1 Å². The lowest BCUT2D eigenvalue weighted by atomic mass is 10.0. The summed E-state index contributed by atoms with van der Waals surface area (Å²) >= 11 is 0. The Morgan fingerprint density at radius 3 is 2.07 bits per heavy atom. The Labute approximate surface area is 240 Å². The molecule has 0 radical (unpaired) electrons. The van der Waals surface area contributed by atoms with Crippen molar-refractivity contribution in [1.29, 1.82) is 0 Å². The first-order chi connectivity index (χ1) is 19.0. The maximum Gasteiger partial charge on any atom is 0.352 e. The van der Waals surface area contributed by atoms with Crippen LogP contribution in [0.1, 0.15) is 50.0 Å². The zero-order valence-corrected chi connectivity index (χ0v) is 24.7. The monoisotopic (exact) mass is 589 g/mol. The molecule has 0 saturated carbocycles. The van der Waals surface area contributed by atoms with Crippen LogP contribution >= 0.6 is 0 Å². The summed E-state index contributed by atoms with van der Waals surface area (Å²) in [4.78, 5) is 41.8. The van der Waals surface area contributed by atoms with Crippen LogP contribution < -0.4 is 22.5 Å². The van der Waals surface area contributed by atoms with E-state index in [9.17, 15) is 22.8 Å². The van der Waals surface area contributed by atoms with Crippen LogP contribution in [-0.2, 0) is 40.1 Å². The number of carbonyl (C=O) groups excluding carboxylic acids is 3. The molecule has 3 atom stereocenters. The lowest BCUT2D eigenvalue weighted by Gasteiger charge is -2.26. The smallest absolute Gasteiger partial charge is 0.352 e. The highest BCUT2D eigenvalue weighted by atomic mass is 32.2. The fraction of sp³-hybridized carbons (Fsp3) is 0.429. The molecule has 0 aliphatic rings. The van der Waals surface area contributed by atoms with Gasteiger partial charge < -0.3 is 32.0 Å². The summed E-state index contributed by atoms with van der Waals surface area (Å²) < 4.78 is 37.7. The molecule has 0 spiro atoms. The van der Waals surface area contributed by atoms with Gasteiger partial charge in [0.2, 0.25) is 12.0 Å². The summed E-state index contributed by atoms with van der Waals surface area (Å²) in [5.41, 5.74) is 17.9. The number of ether oxygens (including phenoxy) is 2. The van der Waals surface area contributed by atoms with E-state index in [1.165, 1.54) is 31.3 Å². The number of rotatable bonds is 12. The minimum absolute atomic E-state index is 0.0166. The van der Waals surface area contributed by atoms with Gasteiger partial charge in [-0.15, -0.1) is 0 Å². The second kappa shape index (κ2) is 14.1. The number of esters is 2. The zero-order chi connectivity index (χ0) is 31.0. The molecule has 2 rings (SSSR count). The Morgan fingerprint density at radius 1 is 0.976 bits per heavy atom. The number of guanidine groups is 1. The molecule has 2 aromatic carbocycles. The highest BCUT2D eigenvalue weighted by molar-refractivity contribution is 7.92. The summed E-state index contributed by atoms with van der Waals surface area (Å²) in [5.74, 6) is -2.39. The fourth-order valence-electron chi connectivity index (χ4n) is 3.70. The summed E-state index contributed by atoms with van der Waals surface area (Å²) in [6.07, 6.45) is -1.77. The second-order valence-corrected chi connectivity index (χ2v) is 12.8. The molecule has 0 aromatic heterocycles. The van der Waals surface area contributed by atoms with Crippen molar-refractivity contribution >= 4 is 33.6 Å². The molecule has 13 heteroatoms. The number of benzene rings is 2. The van der Waals surface area contributed by atoms with Gasteiger partial charge in [-0.2, -0.15) is 0 Å². The zero-order valence-electron chi connectivity index (χ0n) is 23.9.